The number of hydrogen-bond acceptors (Lipinski definition) is 5. The fraction of sp³-hybridized carbons (Fsp3) is 0.200. The summed E-state index contributed by atoms with van der Waals surface area (Å²) in [5.74, 6) is 2.38. The van der Waals surface area contributed by atoms with Gasteiger partial charge in [-0.05, 0) is 34.1 Å². The lowest BCUT2D eigenvalue weighted by Crippen LogP contribution is -1.96. The molecule has 0 fully saturated rings. The Hall–Kier alpha value is -2.28. The zero-order chi connectivity index (χ0) is 15.7. The Bertz CT molecular complexity index is 807. The minimum Gasteiger partial charge on any atom is -0.493 e. The van der Waals surface area contributed by atoms with Crippen molar-refractivity contribution in [2.24, 2.45) is 0 Å². The Kier molecular flexibility index (Phi) is 3.89. The highest BCUT2D eigenvalue weighted by atomic mass is 79.9. The number of rotatable bonds is 4. The van der Waals surface area contributed by atoms with Crippen LogP contribution in [-0.4, -0.2) is 36.3 Å². The van der Waals surface area contributed by atoms with E-state index in [2.05, 4.69) is 30.9 Å². The molecule has 0 aliphatic carbocycles. The molecule has 2 heterocycles. The number of halogens is 1. The lowest BCUT2D eigenvalue weighted by molar-refractivity contribution is 0.324. The van der Waals surface area contributed by atoms with E-state index in [1.54, 1.807) is 27.5 Å². The van der Waals surface area contributed by atoms with Crippen LogP contribution in [0.5, 0.6) is 17.2 Å². The van der Waals surface area contributed by atoms with Crippen LogP contribution in [0.15, 0.2) is 28.9 Å². The summed E-state index contributed by atoms with van der Waals surface area (Å²) >= 11 is 3.40. The second kappa shape index (κ2) is 5.84. The summed E-state index contributed by atoms with van der Waals surface area (Å²) in [4.78, 5) is 12.0. The van der Waals surface area contributed by atoms with E-state index >= 15 is 0 Å². The second-order valence-corrected chi connectivity index (χ2v) is 5.44. The van der Waals surface area contributed by atoms with Crippen LogP contribution < -0.4 is 14.2 Å². The summed E-state index contributed by atoms with van der Waals surface area (Å²) in [6.45, 7) is 0. The summed E-state index contributed by atoms with van der Waals surface area (Å²) in [5, 5.41) is 0. The van der Waals surface area contributed by atoms with Crippen LogP contribution in [0, 0.1) is 0 Å². The van der Waals surface area contributed by atoms with Gasteiger partial charge in [-0.3, -0.25) is 0 Å². The number of fused-ring (bicyclic) bond motifs is 1. The van der Waals surface area contributed by atoms with Gasteiger partial charge < -0.3 is 19.2 Å². The van der Waals surface area contributed by atoms with Crippen LogP contribution in [-0.2, 0) is 0 Å². The van der Waals surface area contributed by atoms with E-state index in [-0.39, 0.29) is 0 Å². The van der Waals surface area contributed by atoms with Crippen LogP contribution >= 0.6 is 15.9 Å². The van der Waals surface area contributed by atoms with E-state index < -0.39 is 0 Å². The molecule has 1 aromatic carbocycles. The Morgan fingerprint density at radius 1 is 1.00 bits per heavy atom. The molecule has 0 aliphatic heterocycles. The van der Waals surface area contributed by atoms with Crippen molar-refractivity contribution in [3.05, 3.63) is 28.9 Å². The minimum atomic E-state index is 0.547. The molecule has 1 N–H and O–H groups in total. The fourth-order valence-electron chi connectivity index (χ4n) is 2.23. The van der Waals surface area contributed by atoms with Gasteiger partial charge in [-0.25, -0.2) is 9.97 Å². The molecule has 114 valence electrons. The van der Waals surface area contributed by atoms with Gasteiger partial charge in [0.05, 0.1) is 26.8 Å². The summed E-state index contributed by atoms with van der Waals surface area (Å²) in [6, 6.07) is 5.61. The van der Waals surface area contributed by atoms with Crippen LogP contribution in [0.2, 0.25) is 0 Å². The number of H-pyrrole nitrogens is 1. The van der Waals surface area contributed by atoms with Crippen LogP contribution in [0.1, 0.15) is 0 Å². The van der Waals surface area contributed by atoms with E-state index in [0.717, 1.165) is 15.6 Å². The first-order valence-corrected chi connectivity index (χ1v) is 7.27. The maximum Gasteiger partial charge on any atom is 0.203 e. The summed E-state index contributed by atoms with van der Waals surface area (Å²) in [7, 11) is 4.74. The van der Waals surface area contributed by atoms with Gasteiger partial charge in [0.1, 0.15) is 5.82 Å². The Balaban J connectivity index is 2.17. The van der Waals surface area contributed by atoms with E-state index in [4.69, 9.17) is 14.2 Å². The normalized spacial score (nSPS) is 10.7. The van der Waals surface area contributed by atoms with Gasteiger partial charge in [-0.2, -0.15) is 0 Å². The van der Waals surface area contributed by atoms with Crippen molar-refractivity contribution < 1.29 is 14.2 Å². The van der Waals surface area contributed by atoms with Crippen molar-refractivity contribution in [3.63, 3.8) is 0 Å². The van der Waals surface area contributed by atoms with E-state index in [1.165, 1.54) is 0 Å². The van der Waals surface area contributed by atoms with Crippen molar-refractivity contribution in [2.75, 3.05) is 21.3 Å². The van der Waals surface area contributed by atoms with Crippen molar-refractivity contribution in [1.29, 1.82) is 0 Å². The molecule has 0 unspecified atom stereocenters. The highest BCUT2D eigenvalue weighted by Crippen LogP contribution is 2.40. The van der Waals surface area contributed by atoms with Crippen LogP contribution in [0.25, 0.3) is 22.6 Å². The molecule has 6 nitrogen and oxygen atoms in total. The van der Waals surface area contributed by atoms with Crippen LogP contribution in [0.3, 0.4) is 0 Å². The zero-order valence-electron chi connectivity index (χ0n) is 12.3. The van der Waals surface area contributed by atoms with E-state index in [0.29, 0.717) is 28.7 Å². The van der Waals surface area contributed by atoms with Crippen LogP contribution in [0.4, 0.5) is 0 Å². The molecular formula is C15H14BrN3O3. The third-order valence-electron chi connectivity index (χ3n) is 3.24. The number of nitrogens with one attached hydrogen (secondary N) is 1. The number of nitrogens with zero attached hydrogens (tertiary/aromatic N) is 2. The van der Waals surface area contributed by atoms with Gasteiger partial charge in [-0.1, -0.05) is 0 Å². The molecule has 7 heteroatoms. The largest absolute Gasteiger partial charge is 0.493 e. The maximum atomic E-state index is 5.36. The first-order chi connectivity index (χ1) is 10.7. The molecule has 0 amide bonds. The third-order valence-corrected chi connectivity index (χ3v) is 3.68. The fourth-order valence-corrected chi connectivity index (χ4v) is 2.56. The highest BCUT2D eigenvalue weighted by Gasteiger charge is 2.16. The van der Waals surface area contributed by atoms with Crippen molar-refractivity contribution in [1.82, 2.24) is 15.0 Å². The molecule has 0 radical (unpaired) electrons. The number of benzene rings is 1. The maximum absolute atomic E-state index is 5.36. The van der Waals surface area contributed by atoms with Gasteiger partial charge in [-0.15, -0.1) is 0 Å². The molecular weight excluding hydrogens is 350 g/mol. The van der Waals surface area contributed by atoms with Crippen molar-refractivity contribution in [2.45, 2.75) is 0 Å². The van der Waals surface area contributed by atoms with E-state index in [9.17, 15) is 0 Å². The quantitative estimate of drug-likeness (QED) is 0.768. The molecule has 0 saturated heterocycles. The van der Waals surface area contributed by atoms with Crippen molar-refractivity contribution >= 4 is 27.1 Å². The van der Waals surface area contributed by atoms with Crippen molar-refractivity contribution in [3.8, 4) is 28.6 Å². The molecule has 2 aromatic heterocycles. The number of methoxy groups -OCH3 is 3. The van der Waals surface area contributed by atoms with E-state index in [1.807, 2.05) is 18.2 Å². The summed E-state index contributed by atoms with van der Waals surface area (Å²) < 4.78 is 16.9. The molecule has 0 atom stereocenters. The topological polar surface area (TPSA) is 69.3 Å². The first kappa shape index (κ1) is 14.6. The molecule has 0 saturated carbocycles. The minimum absolute atomic E-state index is 0.547. The summed E-state index contributed by atoms with van der Waals surface area (Å²) in [5.41, 5.74) is 2.31. The van der Waals surface area contributed by atoms with Gasteiger partial charge in [0.2, 0.25) is 5.75 Å². The number of aromatic nitrogens is 3. The highest BCUT2D eigenvalue weighted by molar-refractivity contribution is 9.10. The first-order valence-electron chi connectivity index (χ1n) is 6.48. The molecule has 0 aliphatic rings. The molecule has 3 aromatic rings. The summed E-state index contributed by atoms with van der Waals surface area (Å²) in [6.07, 6.45) is 1.71. The predicted octanol–water partition coefficient (Wildman–Crippen LogP) is 3.41. The van der Waals surface area contributed by atoms with Gasteiger partial charge >= 0.3 is 0 Å². The average molecular weight is 364 g/mol. The van der Waals surface area contributed by atoms with Gasteiger partial charge in [0, 0.05) is 16.2 Å². The average Bonchev–Trinajstić information content (AvgIpc) is 2.96. The monoisotopic (exact) mass is 363 g/mol. The Morgan fingerprint density at radius 3 is 2.27 bits per heavy atom. The number of imidazole rings is 1. The number of pyridine rings is 1. The molecule has 22 heavy (non-hydrogen) atoms. The third kappa shape index (κ3) is 2.48. The lowest BCUT2D eigenvalue weighted by atomic mass is 10.1. The SMILES string of the molecule is COc1cc(-c2nc3ncc(Br)cc3[nH]2)cc(OC)c1OC. The molecule has 0 bridgehead atoms. The number of hydrogen-bond donors (Lipinski definition) is 1. The smallest absolute Gasteiger partial charge is 0.203 e. The predicted molar refractivity (Wildman–Crippen MR) is 86.7 cm³/mol. The second-order valence-electron chi connectivity index (χ2n) is 4.52. The molecule has 0 spiro atoms. The lowest BCUT2D eigenvalue weighted by Gasteiger charge is -2.13. The number of ether oxygens (including phenoxy) is 3. The number of aromatic amines is 1. The Labute approximate surface area is 135 Å². The zero-order valence-corrected chi connectivity index (χ0v) is 13.9. The van der Waals surface area contributed by atoms with Gasteiger partial charge in [0.25, 0.3) is 0 Å². The van der Waals surface area contributed by atoms with Gasteiger partial charge in [0.15, 0.2) is 17.1 Å². The molecule has 3 rings (SSSR count). The Morgan fingerprint density at radius 2 is 1.68 bits per heavy atom. The standard InChI is InChI=1S/C15H14BrN3O3/c1-20-11-4-8(5-12(21-2)13(11)22-3)14-18-10-6-9(16)7-17-15(10)19-14/h4-7H,1-3H3,(H,17,18,19).